The molecule has 152 valence electrons. The lowest BCUT2D eigenvalue weighted by Crippen LogP contribution is -2.20. The zero-order valence-corrected chi connectivity index (χ0v) is 16.7. The summed E-state index contributed by atoms with van der Waals surface area (Å²) >= 11 is 0. The first-order chi connectivity index (χ1) is 15.2. The van der Waals surface area contributed by atoms with Crippen molar-refractivity contribution in [3.63, 3.8) is 0 Å². The maximum Gasteiger partial charge on any atom is 0.337 e. The van der Waals surface area contributed by atoms with Crippen LogP contribution < -0.4 is 4.90 Å². The van der Waals surface area contributed by atoms with Crippen LogP contribution in [0.2, 0.25) is 0 Å². The molecule has 0 unspecified atom stereocenters. The maximum absolute atomic E-state index is 11.6. The molecule has 4 aromatic rings. The standard InChI is InChI=1S/C24H19N5O2/c25-12-15-5-3-6-16(11-15)18-13-26-14-19(22(18)29-9-1-2-10-29)23-27-20-8-4-7-17(24(30)31)21(20)28-23/h3-8,11,13-14H,1-2,9-10H2,(H,27,28)(H,30,31). The number of aromatic amines is 1. The molecule has 5 rings (SSSR count). The molecule has 1 aliphatic heterocycles. The van der Waals surface area contributed by atoms with Gasteiger partial charge in [-0.1, -0.05) is 18.2 Å². The fraction of sp³-hybridized carbons (Fsp3) is 0.167. The van der Waals surface area contributed by atoms with E-state index in [2.05, 4.69) is 25.9 Å². The summed E-state index contributed by atoms with van der Waals surface area (Å²) in [5.41, 5.74) is 5.49. The number of benzene rings is 2. The molecule has 0 amide bonds. The van der Waals surface area contributed by atoms with E-state index in [1.807, 2.05) is 30.5 Å². The number of fused-ring (bicyclic) bond motifs is 1. The Hall–Kier alpha value is -4.18. The van der Waals surface area contributed by atoms with Gasteiger partial charge in [0.1, 0.15) is 11.3 Å². The van der Waals surface area contributed by atoms with Crippen LogP contribution in [-0.2, 0) is 0 Å². The van der Waals surface area contributed by atoms with Gasteiger partial charge in [0.25, 0.3) is 0 Å². The Balaban J connectivity index is 1.74. The van der Waals surface area contributed by atoms with Gasteiger partial charge in [-0.05, 0) is 42.7 Å². The highest BCUT2D eigenvalue weighted by molar-refractivity contribution is 6.02. The second-order valence-corrected chi connectivity index (χ2v) is 7.56. The molecule has 2 N–H and O–H groups in total. The van der Waals surface area contributed by atoms with Gasteiger partial charge in [0.2, 0.25) is 0 Å². The van der Waals surface area contributed by atoms with E-state index in [9.17, 15) is 15.2 Å². The number of anilines is 1. The van der Waals surface area contributed by atoms with Gasteiger partial charge in [0, 0.05) is 31.0 Å². The molecular weight excluding hydrogens is 390 g/mol. The molecule has 2 aromatic carbocycles. The molecule has 31 heavy (non-hydrogen) atoms. The van der Waals surface area contributed by atoms with Gasteiger partial charge in [-0.25, -0.2) is 9.78 Å². The molecular formula is C24H19N5O2. The highest BCUT2D eigenvalue weighted by atomic mass is 16.4. The number of para-hydroxylation sites is 1. The van der Waals surface area contributed by atoms with Crippen LogP contribution in [0.4, 0.5) is 5.69 Å². The zero-order valence-electron chi connectivity index (χ0n) is 16.7. The maximum atomic E-state index is 11.6. The second-order valence-electron chi connectivity index (χ2n) is 7.56. The van der Waals surface area contributed by atoms with Crippen LogP contribution in [0.25, 0.3) is 33.5 Å². The molecule has 7 nitrogen and oxygen atoms in total. The normalized spacial score (nSPS) is 13.5. The number of imidazole rings is 1. The van der Waals surface area contributed by atoms with E-state index in [1.54, 1.807) is 24.4 Å². The molecule has 1 fully saturated rings. The van der Waals surface area contributed by atoms with Crippen LogP contribution in [0.1, 0.15) is 28.8 Å². The first-order valence-corrected chi connectivity index (χ1v) is 10.1. The summed E-state index contributed by atoms with van der Waals surface area (Å²) in [5, 5.41) is 18.9. The van der Waals surface area contributed by atoms with E-state index in [4.69, 9.17) is 0 Å². The summed E-state index contributed by atoms with van der Waals surface area (Å²) in [6, 6.07) is 14.8. The molecule has 0 saturated carbocycles. The average Bonchev–Trinajstić information content (AvgIpc) is 3.48. The first-order valence-electron chi connectivity index (χ1n) is 10.1. The van der Waals surface area contributed by atoms with Crippen LogP contribution in [-0.4, -0.2) is 39.1 Å². The van der Waals surface area contributed by atoms with Crippen molar-refractivity contribution in [2.75, 3.05) is 18.0 Å². The minimum absolute atomic E-state index is 0.161. The highest BCUT2D eigenvalue weighted by Crippen LogP contribution is 2.40. The molecule has 0 bridgehead atoms. The number of hydrogen-bond donors (Lipinski definition) is 2. The number of aromatic carboxylic acids is 1. The van der Waals surface area contributed by atoms with E-state index < -0.39 is 5.97 Å². The predicted octanol–water partition coefficient (Wildman–Crippen LogP) is 4.46. The SMILES string of the molecule is N#Cc1cccc(-c2cncc(-c3nc4c(C(=O)O)cccc4[nH]3)c2N2CCCC2)c1. The number of H-pyrrole nitrogens is 1. The third-order valence-corrected chi connectivity index (χ3v) is 5.64. The molecule has 7 heteroatoms. The summed E-state index contributed by atoms with van der Waals surface area (Å²) in [6.07, 6.45) is 5.79. The number of carbonyl (C=O) groups is 1. The van der Waals surface area contributed by atoms with Crippen LogP contribution in [0, 0.1) is 11.3 Å². The van der Waals surface area contributed by atoms with Gasteiger partial charge >= 0.3 is 5.97 Å². The van der Waals surface area contributed by atoms with Crippen molar-refractivity contribution < 1.29 is 9.90 Å². The largest absolute Gasteiger partial charge is 0.478 e. The summed E-state index contributed by atoms with van der Waals surface area (Å²) in [6.45, 7) is 1.84. The van der Waals surface area contributed by atoms with Gasteiger partial charge in [0.15, 0.2) is 0 Å². The number of hydrogen-bond acceptors (Lipinski definition) is 5. The smallest absolute Gasteiger partial charge is 0.337 e. The number of carboxylic acid groups (broad SMARTS) is 1. The van der Waals surface area contributed by atoms with Gasteiger partial charge in [-0.15, -0.1) is 0 Å². The molecule has 0 radical (unpaired) electrons. The quantitative estimate of drug-likeness (QED) is 0.515. The Morgan fingerprint density at radius 2 is 1.87 bits per heavy atom. The average molecular weight is 409 g/mol. The van der Waals surface area contributed by atoms with E-state index in [-0.39, 0.29) is 5.56 Å². The predicted molar refractivity (Wildman–Crippen MR) is 118 cm³/mol. The molecule has 2 aromatic heterocycles. The number of carboxylic acids is 1. The fourth-order valence-corrected chi connectivity index (χ4v) is 4.21. The van der Waals surface area contributed by atoms with Gasteiger partial charge in [-0.3, -0.25) is 4.98 Å². The lowest BCUT2D eigenvalue weighted by atomic mass is 10.00. The number of rotatable bonds is 4. The van der Waals surface area contributed by atoms with Crippen molar-refractivity contribution in [1.29, 1.82) is 5.26 Å². The number of nitrogens with zero attached hydrogens (tertiary/aromatic N) is 4. The summed E-state index contributed by atoms with van der Waals surface area (Å²) in [5.74, 6) is -0.431. The molecule has 3 heterocycles. The Morgan fingerprint density at radius 3 is 2.65 bits per heavy atom. The van der Waals surface area contributed by atoms with Gasteiger partial charge < -0.3 is 15.0 Å². The highest BCUT2D eigenvalue weighted by Gasteiger charge is 2.24. The Kier molecular flexibility index (Phi) is 4.60. The Bertz CT molecular complexity index is 1350. The zero-order chi connectivity index (χ0) is 21.4. The second kappa shape index (κ2) is 7.58. The van der Waals surface area contributed by atoms with Crippen molar-refractivity contribution in [1.82, 2.24) is 15.0 Å². The van der Waals surface area contributed by atoms with E-state index >= 15 is 0 Å². The summed E-state index contributed by atoms with van der Waals surface area (Å²) < 4.78 is 0. The Labute approximate surface area is 178 Å². The number of nitriles is 1. The Morgan fingerprint density at radius 1 is 1.10 bits per heavy atom. The molecule has 0 spiro atoms. The van der Waals surface area contributed by atoms with E-state index in [0.717, 1.165) is 48.3 Å². The van der Waals surface area contributed by atoms with E-state index in [1.165, 1.54) is 0 Å². The molecule has 0 atom stereocenters. The van der Waals surface area contributed by atoms with E-state index in [0.29, 0.717) is 22.4 Å². The van der Waals surface area contributed by atoms with Crippen LogP contribution in [0.3, 0.4) is 0 Å². The number of aromatic nitrogens is 3. The van der Waals surface area contributed by atoms with Gasteiger partial charge in [0.05, 0.1) is 34.0 Å². The third-order valence-electron chi connectivity index (χ3n) is 5.64. The van der Waals surface area contributed by atoms with Crippen LogP contribution >= 0.6 is 0 Å². The minimum atomic E-state index is -1.01. The van der Waals surface area contributed by atoms with Crippen LogP contribution in [0.5, 0.6) is 0 Å². The van der Waals surface area contributed by atoms with Crippen molar-refractivity contribution in [3.05, 3.63) is 66.0 Å². The number of pyridine rings is 1. The minimum Gasteiger partial charge on any atom is -0.478 e. The first kappa shape index (κ1) is 18.8. The topological polar surface area (TPSA) is 106 Å². The van der Waals surface area contributed by atoms with Crippen molar-refractivity contribution in [2.24, 2.45) is 0 Å². The fourth-order valence-electron chi connectivity index (χ4n) is 4.21. The lowest BCUT2D eigenvalue weighted by molar-refractivity contribution is 0.0699. The molecule has 1 saturated heterocycles. The monoisotopic (exact) mass is 409 g/mol. The van der Waals surface area contributed by atoms with Crippen molar-refractivity contribution in [2.45, 2.75) is 12.8 Å². The van der Waals surface area contributed by atoms with Crippen LogP contribution in [0.15, 0.2) is 54.9 Å². The van der Waals surface area contributed by atoms with Crippen molar-refractivity contribution >= 4 is 22.7 Å². The summed E-state index contributed by atoms with van der Waals surface area (Å²) in [4.78, 5) is 26.3. The third kappa shape index (κ3) is 3.28. The lowest BCUT2D eigenvalue weighted by Gasteiger charge is -2.24. The van der Waals surface area contributed by atoms with Gasteiger partial charge in [-0.2, -0.15) is 5.26 Å². The molecule has 0 aliphatic carbocycles. The molecule has 1 aliphatic rings. The van der Waals surface area contributed by atoms with Crippen molar-refractivity contribution in [3.8, 4) is 28.6 Å². The number of nitrogens with one attached hydrogen (secondary N) is 1. The summed E-state index contributed by atoms with van der Waals surface area (Å²) in [7, 11) is 0.